The molecular formula is C10H12OS. The van der Waals surface area contributed by atoms with Crippen LogP contribution in [0.15, 0.2) is 23.1 Å². The van der Waals surface area contributed by atoms with Crippen LogP contribution in [0.2, 0.25) is 0 Å². The van der Waals surface area contributed by atoms with E-state index in [1.54, 1.807) is 0 Å². The maximum atomic E-state index is 5.42. The molecule has 0 aliphatic carbocycles. The number of ether oxygens (including phenoxy) is 1. The van der Waals surface area contributed by atoms with Crippen molar-refractivity contribution in [1.29, 1.82) is 0 Å². The Bertz CT molecular complexity index is 283. The maximum Gasteiger partial charge on any atom is 0.122 e. The Balaban J connectivity index is 2.26. The molecule has 1 aromatic rings. The Labute approximate surface area is 77.1 Å². The fraction of sp³-hybridized carbons (Fsp3) is 0.400. The summed E-state index contributed by atoms with van der Waals surface area (Å²) >= 11 is 1.89. The van der Waals surface area contributed by atoms with Gasteiger partial charge < -0.3 is 4.74 Å². The highest BCUT2D eigenvalue weighted by molar-refractivity contribution is 7.99. The minimum Gasteiger partial charge on any atom is -0.493 e. The average molecular weight is 180 g/mol. The molecule has 0 bridgehead atoms. The van der Waals surface area contributed by atoms with Crippen LogP contribution in [-0.2, 0) is 6.42 Å². The zero-order valence-corrected chi connectivity index (χ0v) is 7.99. The molecule has 0 unspecified atom stereocenters. The van der Waals surface area contributed by atoms with Gasteiger partial charge in [-0.05, 0) is 29.5 Å². The molecule has 0 saturated heterocycles. The molecule has 1 aliphatic rings. The van der Waals surface area contributed by atoms with E-state index in [-0.39, 0.29) is 0 Å². The summed E-state index contributed by atoms with van der Waals surface area (Å²) in [6.07, 6.45) is 1.08. The largest absolute Gasteiger partial charge is 0.493 e. The summed E-state index contributed by atoms with van der Waals surface area (Å²) < 4.78 is 5.42. The van der Waals surface area contributed by atoms with Gasteiger partial charge in [0.25, 0.3) is 0 Å². The van der Waals surface area contributed by atoms with Gasteiger partial charge in [-0.25, -0.2) is 0 Å². The average Bonchev–Trinajstić information content (AvgIpc) is 2.51. The molecule has 2 heteroatoms. The monoisotopic (exact) mass is 180 g/mol. The first-order valence-corrected chi connectivity index (χ1v) is 5.27. The van der Waals surface area contributed by atoms with Crippen molar-refractivity contribution in [2.75, 3.05) is 12.4 Å². The molecule has 0 fully saturated rings. The standard InChI is InChI=1S/C10H12OS/c1-2-12-9-3-4-10-8(7-9)5-6-11-10/h3-4,7H,2,5-6H2,1H3. The van der Waals surface area contributed by atoms with Gasteiger partial charge in [0.2, 0.25) is 0 Å². The summed E-state index contributed by atoms with van der Waals surface area (Å²) in [5.41, 5.74) is 1.37. The summed E-state index contributed by atoms with van der Waals surface area (Å²) in [4.78, 5) is 1.36. The second-order valence-corrected chi connectivity index (χ2v) is 4.14. The number of hydrogen-bond acceptors (Lipinski definition) is 2. The Morgan fingerprint density at radius 1 is 1.50 bits per heavy atom. The molecule has 1 aliphatic heterocycles. The van der Waals surface area contributed by atoms with Gasteiger partial charge >= 0.3 is 0 Å². The Kier molecular flexibility index (Phi) is 2.26. The van der Waals surface area contributed by atoms with E-state index in [0.29, 0.717) is 0 Å². The predicted octanol–water partition coefficient (Wildman–Crippen LogP) is 2.73. The molecular weight excluding hydrogens is 168 g/mol. The van der Waals surface area contributed by atoms with Crippen molar-refractivity contribution in [3.8, 4) is 5.75 Å². The van der Waals surface area contributed by atoms with Crippen LogP contribution in [0.1, 0.15) is 12.5 Å². The number of thioether (sulfide) groups is 1. The predicted molar refractivity (Wildman–Crippen MR) is 52.0 cm³/mol. The molecule has 0 saturated carbocycles. The second-order valence-electron chi connectivity index (χ2n) is 2.80. The third-order valence-electron chi connectivity index (χ3n) is 1.97. The summed E-state index contributed by atoms with van der Waals surface area (Å²) in [6, 6.07) is 6.47. The molecule has 0 spiro atoms. The van der Waals surface area contributed by atoms with Crippen LogP contribution in [0.5, 0.6) is 5.75 Å². The summed E-state index contributed by atoms with van der Waals surface area (Å²) in [6.45, 7) is 3.03. The molecule has 0 aromatic heterocycles. The van der Waals surface area contributed by atoms with Crippen molar-refractivity contribution in [3.05, 3.63) is 23.8 Å². The van der Waals surface area contributed by atoms with E-state index in [0.717, 1.165) is 24.5 Å². The molecule has 64 valence electrons. The van der Waals surface area contributed by atoms with Gasteiger partial charge in [0, 0.05) is 11.3 Å². The first-order valence-electron chi connectivity index (χ1n) is 4.28. The highest BCUT2D eigenvalue weighted by Crippen LogP contribution is 2.29. The van der Waals surface area contributed by atoms with E-state index in [1.165, 1.54) is 10.5 Å². The zero-order valence-electron chi connectivity index (χ0n) is 7.17. The maximum absolute atomic E-state index is 5.42. The van der Waals surface area contributed by atoms with Crippen molar-refractivity contribution in [3.63, 3.8) is 0 Å². The van der Waals surface area contributed by atoms with Gasteiger partial charge in [-0.1, -0.05) is 6.92 Å². The molecule has 0 amide bonds. The summed E-state index contributed by atoms with van der Waals surface area (Å²) in [5.74, 6) is 2.22. The third kappa shape index (κ3) is 1.44. The molecule has 12 heavy (non-hydrogen) atoms. The lowest BCUT2D eigenvalue weighted by atomic mass is 10.2. The number of rotatable bonds is 2. The topological polar surface area (TPSA) is 9.23 Å². The van der Waals surface area contributed by atoms with Crippen molar-refractivity contribution >= 4 is 11.8 Å². The van der Waals surface area contributed by atoms with Gasteiger partial charge in [-0.2, -0.15) is 0 Å². The molecule has 1 heterocycles. The van der Waals surface area contributed by atoms with E-state index in [4.69, 9.17) is 4.74 Å². The van der Waals surface area contributed by atoms with Crippen LogP contribution in [0, 0.1) is 0 Å². The smallest absolute Gasteiger partial charge is 0.122 e. The Morgan fingerprint density at radius 3 is 3.25 bits per heavy atom. The molecule has 2 rings (SSSR count). The lowest BCUT2D eigenvalue weighted by molar-refractivity contribution is 0.357. The number of hydrogen-bond donors (Lipinski definition) is 0. The normalized spacial score (nSPS) is 14.1. The van der Waals surface area contributed by atoms with Gasteiger partial charge in [0.05, 0.1) is 6.61 Å². The molecule has 0 atom stereocenters. The lowest BCUT2D eigenvalue weighted by Gasteiger charge is -2.01. The van der Waals surface area contributed by atoms with Gasteiger partial charge in [0.15, 0.2) is 0 Å². The lowest BCUT2D eigenvalue weighted by Crippen LogP contribution is -1.85. The van der Waals surface area contributed by atoms with Gasteiger partial charge in [0.1, 0.15) is 5.75 Å². The van der Waals surface area contributed by atoms with Crippen molar-refractivity contribution in [2.24, 2.45) is 0 Å². The van der Waals surface area contributed by atoms with E-state index in [1.807, 2.05) is 11.8 Å². The fourth-order valence-electron chi connectivity index (χ4n) is 1.42. The van der Waals surface area contributed by atoms with Crippen LogP contribution >= 0.6 is 11.8 Å². The van der Waals surface area contributed by atoms with Crippen molar-refractivity contribution < 1.29 is 4.74 Å². The van der Waals surface area contributed by atoms with Gasteiger partial charge in [-0.15, -0.1) is 11.8 Å². The Morgan fingerprint density at radius 2 is 2.42 bits per heavy atom. The minimum absolute atomic E-state index is 0.857. The Hall–Kier alpha value is -0.630. The molecule has 1 nitrogen and oxygen atoms in total. The highest BCUT2D eigenvalue weighted by Gasteiger charge is 2.11. The first kappa shape index (κ1) is 7.99. The van der Waals surface area contributed by atoms with Crippen molar-refractivity contribution in [2.45, 2.75) is 18.2 Å². The van der Waals surface area contributed by atoms with E-state index in [9.17, 15) is 0 Å². The highest BCUT2D eigenvalue weighted by atomic mass is 32.2. The molecule has 1 aromatic carbocycles. The van der Waals surface area contributed by atoms with Crippen LogP contribution in [0.4, 0.5) is 0 Å². The van der Waals surface area contributed by atoms with Gasteiger partial charge in [-0.3, -0.25) is 0 Å². The molecule has 0 radical (unpaired) electrons. The van der Waals surface area contributed by atoms with Crippen LogP contribution < -0.4 is 4.74 Å². The second kappa shape index (κ2) is 3.40. The number of benzene rings is 1. The SMILES string of the molecule is CCSc1ccc2c(c1)CCO2. The zero-order chi connectivity index (χ0) is 8.39. The minimum atomic E-state index is 0.857. The first-order chi connectivity index (χ1) is 5.90. The van der Waals surface area contributed by atoms with Crippen molar-refractivity contribution in [1.82, 2.24) is 0 Å². The van der Waals surface area contributed by atoms with E-state index < -0.39 is 0 Å². The van der Waals surface area contributed by atoms with Crippen LogP contribution in [0.3, 0.4) is 0 Å². The fourth-order valence-corrected chi connectivity index (χ4v) is 2.14. The molecule has 0 N–H and O–H groups in total. The quantitative estimate of drug-likeness (QED) is 0.647. The number of fused-ring (bicyclic) bond motifs is 1. The summed E-state index contributed by atoms with van der Waals surface area (Å²) in [7, 11) is 0. The summed E-state index contributed by atoms with van der Waals surface area (Å²) in [5, 5.41) is 0. The third-order valence-corrected chi connectivity index (χ3v) is 2.85. The van der Waals surface area contributed by atoms with Crippen LogP contribution in [0.25, 0.3) is 0 Å². The van der Waals surface area contributed by atoms with Crippen LogP contribution in [-0.4, -0.2) is 12.4 Å². The van der Waals surface area contributed by atoms with E-state index in [2.05, 4.69) is 25.1 Å². The van der Waals surface area contributed by atoms with E-state index >= 15 is 0 Å².